The number of amides is 1. The van der Waals surface area contributed by atoms with E-state index in [0.717, 1.165) is 15.8 Å². The molecule has 2 aromatic carbocycles. The molecule has 26 heavy (non-hydrogen) atoms. The number of carbonyl (C=O) groups is 1. The van der Waals surface area contributed by atoms with E-state index >= 15 is 0 Å². The summed E-state index contributed by atoms with van der Waals surface area (Å²) < 4.78 is 6.30. The topological polar surface area (TPSA) is 45.5 Å². The first-order valence-corrected chi connectivity index (χ1v) is 9.31. The molecule has 3 aromatic rings. The fourth-order valence-electron chi connectivity index (χ4n) is 2.62. The lowest BCUT2D eigenvalue weighted by Crippen LogP contribution is -2.32. The Morgan fingerprint density at radius 3 is 2.58 bits per heavy atom. The van der Waals surface area contributed by atoms with Gasteiger partial charge in [0.25, 0.3) is 0 Å². The predicted molar refractivity (Wildman–Crippen MR) is 107 cm³/mol. The van der Waals surface area contributed by atoms with E-state index in [2.05, 4.69) is 21.2 Å². The number of anilines is 1. The van der Waals surface area contributed by atoms with Gasteiger partial charge in [-0.1, -0.05) is 57.9 Å². The molecule has 1 aromatic heterocycles. The van der Waals surface area contributed by atoms with Crippen LogP contribution in [0.1, 0.15) is 11.3 Å². The molecular weight excluding hydrogens is 416 g/mol. The first kappa shape index (κ1) is 18.7. The molecule has 0 saturated carbocycles. The molecule has 0 aliphatic heterocycles. The Hall–Kier alpha value is -2.08. The number of hydrogen-bond donors (Lipinski definition) is 1. The standard InChI is InChI=1S/C20H18BrClN2O2/c21-16-8-9-19(18(22)11-16)23-20(25)14-24(13-17-7-4-10-26-17)12-15-5-2-1-3-6-15/h1-11H,12-14H2,(H,23,25). The molecule has 1 amide bonds. The van der Waals surface area contributed by atoms with E-state index in [0.29, 0.717) is 23.8 Å². The van der Waals surface area contributed by atoms with E-state index in [-0.39, 0.29) is 12.5 Å². The summed E-state index contributed by atoms with van der Waals surface area (Å²) in [6.45, 7) is 1.41. The number of benzene rings is 2. The highest BCUT2D eigenvalue weighted by Crippen LogP contribution is 2.25. The van der Waals surface area contributed by atoms with Crippen molar-refractivity contribution in [3.05, 3.63) is 87.7 Å². The van der Waals surface area contributed by atoms with Gasteiger partial charge in [0, 0.05) is 11.0 Å². The van der Waals surface area contributed by atoms with Crippen LogP contribution in [0.25, 0.3) is 0 Å². The molecule has 0 radical (unpaired) electrons. The summed E-state index contributed by atoms with van der Waals surface area (Å²) in [4.78, 5) is 14.5. The summed E-state index contributed by atoms with van der Waals surface area (Å²) in [7, 11) is 0. The SMILES string of the molecule is O=C(CN(Cc1ccccc1)Cc1ccco1)Nc1ccc(Br)cc1Cl. The number of rotatable bonds is 7. The van der Waals surface area contributed by atoms with Gasteiger partial charge < -0.3 is 9.73 Å². The molecule has 0 saturated heterocycles. The number of hydrogen-bond acceptors (Lipinski definition) is 3. The van der Waals surface area contributed by atoms with Crippen molar-refractivity contribution in [2.45, 2.75) is 13.1 Å². The van der Waals surface area contributed by atoms with Crippen molar-refractivity contribution in [3.63, 3.8) is 0 Å². The molecular formula is C20H18BrClN2O2. The summed E-state index contributed by atoms with van der Waals surface area (Å²) in [5.74, 6) is 0.687. The van der Waals surface area contributed by atoms with Crippen molar-refractivity contribution in [1.82, 2.24) is 4.90 Å². The zero-order valence-corrected chi connectivity index (χ0v) is 16.3. The van der Waals surface area contributed by atoms with Crippen molar-refractivity contribution >= 4 is 39.1 Å². The molecule has 6 heteroatoms. The minimum Gasteiger partial charge on any atom is -0.468 e. The average molecular weight is 434 g/mol. The van der Waals surface area contributed by atoms with Crippen LogP contribution in [0.15, 0.2) is 75.8 Å². The van der Waals surface area contributed by atoms with Gasteiger partial charge in [-0.2, -0.15) is 0 Å². The Labute approximate surface area is 165 Å². The van der Waals surface area contributed by atoms with Crippen LogP contribution in [0.3, 0.4) is 0 Å². The lowest BCUT2D eigenvalue weighted by Gasteiger charge is -2.21. The molecule has 1 N–H and O–H groups in total. The van der Waals surface area contributed by atoms with Crippen molar-refractivity contribution in [1.29, 1.82) is 0 Å². The lowest BCUT2D eigenvalue weighted by atomic mass is 10.2. The van der Waals surface area contributed by atoms with Gasteiger partial charge in [0.1, 0.15) is 5.76 Å². The summed E-state index contributed by atoms with van der Waals surface area (Å²) in [6.07, 6.45) is 1.64. The van der Waals surface area contributed by atoms with Gasteiger partial charge >= 0.3 is 0 Å². The Balaban J connectivity index is 1.68. The van der Waals surface area contributed by atoms with E-state index in [1.807, 2.05) is 53.4 Å². The normalized spacial score (nSPS) is 10.9. The number of nitrogens with one attached hydrogen (secondary N) is 1. The van der Waals surface area contributed by atoms with Crippen LogP contribution in [0.2, 0.25) is 5.02 Å². The second-order valence-corrected chi connectivity index (χ2v) is 7.21. The van der Waals surface area contributed by atoms with Gasteiger partial charge in [0.15, 0.2) is 0 Å². The molecule has 0 aliphatic carbocycles. The van der Waals surface area contributed by atoms with E-state index in [1.54, 1.807) is 18.4 Å². The molecule has 0 unspecified atom stereocenters. The van der Waals surface area contributed by atoms with Gasteiger partial charge in [0.05, 0.1) is 30.1 Å². The maximum Gasteiger partial charge on any atom is 0.238 e. The van der Waals surface area contributed by atoms with Crippen LogP contribution >= 0.6 is 27.5 Å². The third-order valence-electron chi connectivity index (χ3n) is 3.78. The summed E-state index contributed by atoms with van der Waals surface area (Å²) in [6, 6.07) is 19.1. The summed E-state index contributed by atoms with van der Waals surface area (Å²) in [5, 5.41) is 3.36. The minimum atomic E-state index is -0.128. The molecule has 134 valence electrons. The highest BCUT2D eigenvalue weighted by atomic mass is 79.9. The summed E-state index contributed by atoms with van der Waals surface area (Å²) >= 11 is 9.54. The molecule has 0 aliphatic rings. The van der Waals surface area contributed by atoms with E-state index < -0.39 is 0 Å². The van der Waals surface area contributed by atoms with Gasteiger partial charge in [-0.05, 0) is 35.9 Å². The fourth-order valence-corrected chi connectivity index (χ4v) is 3.34. The molecule has 0 fully saturated rings. The van der Waals surface area contributed by atoms with E-state index in [9.17, 15) is 4.79 Å². The smallest absolute Gasteiger partial charge is 0.238 e. The molecule has 4 nitrogen and oxygen atoms in total. The second-order valence-electron chi connectivity index (χ2n) is 5.88. The zero-order chi connectivity index (χ0) is 18.4. The highest BCUT2D eigenvalue weighted by molar-refractivity contribution is 9.10. The largest absolute Gasteiger partial charge is 0.468 e. The molecule has 3 rings (SSSR count). The van der Waals surface area contributed by atoms with Crippen LogP contribution in [-0.2, 0) is 17.9 Å². The zero-order valence-electron chi connectivity index (χ0n) is 14.0. The van der Waals surface area contributed by atoms with Gasteiger partial charge in [-0.15, -0.1) is 0 Å². The van der Waals surface area contributed by atoms with E-state index in [1.165, 1.54) is 0 Å². The first-order valence-electron chi connectivity index (χ1n) is 8.14. The fraction of sp³-hybridized carbons (Fsp3) is 0.150. The Kier molecular flexibility index (Phi) is 6.50. The van der Waals surface area contributed by atoms with Crippen LogP contribution in [0, 0.1) is 0 Å². The Morgan fingerprint density at radius 1 is 1.08 bits per heavy atom. The van der Waals surface area contributed by atoms with Crippen molar-refractivity contribution < 1.29 is 9.21 Å². The Bertz CT molecular complexity index is 854. The number of carbonyl (C=O) groups excluding carboxylic acids is 1. The molecule has 0 bridgehead atoms. The van der Waals surface area contributed by atoms with Crippen LogP contribution in [0.5, 0.6) is 0 Å². The molecule has 0 spiro atoms. The number of furan rings is 1. The monoisotopic (exact) mass is 432 g/mol. The quantitative estimate of drug-likeness (QED) is 0.547. The van der Waals surface area contributed by atoms with Crippen LogP contribution in [0.4, 0.5) is 5.69 Å². The minimum absolute atomic E-state index is 0.128. The molecule has 0 atom stereocenters. The van der Waals surface area contributed by atoms with Gasteiger partial charge in [-0.25, -0.2) is 0 Å². The maximum absolute atomic E-state index is 12.5. The number of nitrogens with zero attached hydrogens (tertiary/aromatic N) is 1. The lowest BCUT2D eigenvalue weighted by molar-refractivity contribution is -0.117. The van der Waals surface area contributed by atoms with Crippen molar-refractivity contribution in [2.24, 2.45) is 0 Å². The summed E-state index contributed by atoms with van der Waals surface area (Å²) in [5.41, 5.74) is 1.73. The Morgan fingerprint density at radius 2 is 1.88 bits per heavy atom. The van der Waals surface area contributed by atoms with Crippen LogP contribution in [-0.4, -0.2) is 17.4 Å². The second kappa shape index (κ2) is 9.03. The van der Waals surface area contributed by atoms with Crippen molar-refractivity contribution in [3.8, 4) is 0 Å². The predicted octanol–water partition coefficient (Wildman–Crippen LogP) is 5.34. The van der Waals surface area contributed by atoms with Gasteiger partial charge in [-0.3, -0.25) is 9.69 Å². The number of halogens is 2. The first-order chi connectivity index (χ1) is 12.6. The average Bonchev–Trinajstić information content (AvgIpc) is 3.11. The third kappa shape index (κ3) is 5.46. The van der Waals surface area contributed by atoms with Crippen LogP contribution < -0.4 is 5.32 Å². The third-order valence-corrected chi connectivity index (χ3v) is 4.59. The van der Waals surface area contributed by atoms with Crippen molar-refractivity contribution in [2.75, 3.05) is 11.9 Å². The molecule has 1 heterocycles. The van der Waals surface area contributed by atoms with E-state index in [4.69, 9.17) is 16.0 Å². The highest BCUT2D eigenvalue weighted by Gasteiger charge is 2.14. The maximum atomic E-state index is 12.5. The van der Waals surface area contributed by atoms with Gasteiger partial charge in [0.2, 0.25) is 5.91 Å².